The zero-order chi connectivity index (χ0) is 25.4. The SMILES string of the molecule is CSCCC(NC(=O)C(CCC(=O)O)NC(=O)C(N)CCCCN)C(=O)NC(CO)C(=O)O. The molecule has 0 heterocycles. The predicted molar refractivity (Wildman–Crippen MR) is 121 cm³/mol. The lowest BCUT2D eigenvalue weighted by molar-refractivity contribution is -0.143. The van der Waals surface area contributed by atoms with Crippen molar-refractivity contribution in [1.29, 1.82) is 0 Å². The summed E-state index contributed by atoms with van der Waals surface area (Å²) in [5.41, 5.74) is 11.2. The summed E-state index contributed by atoms with van der Waals surface area (Å²) in [6, 6.07) is -4.92. The molecule has 0 aromatic rings. The Morgan fingerprint density at radius 3 is 1.88 bits per heavy atom. The third-order valence-electron chi connectivity index (χ3n) is 4.63. The summed E-state index contributed by atoms with van der Waals surface area (Å²) in [6.45, 7) is -0.403. The maximum atomic E-state index is 12.8. The van der Waals surface area contributed by atoms with E-state index in [1.54, 1.807) is 6.26 Å². The Labute approximate surface area is 196 Å². The number of nitrogens with one attached hydrogen (secondary N) is 3. The summed E-state index contributed by atoms with van der Waals surface area (Å²) in [6.07, 6.45) is 2.83. The van der Waals surface area contributed by atoms with E-state index in [9.17, 15) is 24.0 Å². The molecule has 0 aromatic heterocycles. The van der Waals surface area contributed by atoms with Crippen LogP contribution in [0.25, 0.3) is 0 Å². The average molecular weight is 494 g/mol. The van der Waals surface area contributed by atoms with Crippen molar-refractivity contribution < 1.29 is 39.3 Å². The standard InChI is InChI=1S/C19H35N5O8S/c1-33-9-7-13(18(30)24-14(10-25)19(31)32)23-17(29)12(5-6-15(26)27)22-16(28)11(21)4-2-3-8-20/h11-14,25H,2-10,20-21H2,1H3,(H,22,28)(H,23,29)(H,24,30)(H,26,27)(H,31,32). The predicted octanol–water partition coefficient (Wildman–Crippen LogP) is -2.41. The molecule has 33 heavy (non-hydrogen) atoms. The van der Waals surface area contributed by atoms with E-state index in [1.165, 1.54) is 11.8 Å². The Balaban J connectivity index is 5.35. The lowest BCUT2D eigenvalue weighted by atomic mass is 10.1. The van der Waals surface area contributed by atoms with Gasteiger partial charge in [-0.1, -0.05) is 6.42 Å². The molecular formula is C19H35N5O8S. The van der Waals surface area contributed by atoms with E-state index in [1.807, 2.05) is 0 Å². The first kappa shape index (κ1) is 30.6. The van der Waals surface area contributed by atoms with Crippen LogP contribution in [0.3, 0.4) is 0 Å². The number of amides is 3. The molecule has 0 saturated heterocycles. The van der Waals surface area contributed by atoms with Crippen LogP contribution in [-0.4, -0.2) is 94.3 Å². The molecule has 0 aliphatic rings. The molecule has 4 atom stereocenters. The lowest BCUT2D eigenvalue weighted by Crippen LogP contribution is -2.57. The van der Waals surface area contributed by atoms with Gasteiger partial charge >= 0.3 is 11.9 Å². The number of carbonyl (C=O) groups is 5. The molecule has 0 saturated carbocycles. The zero-order valence-corrected chi connectivity index (χ0v) is 19.4. The van der Waals surface area contributed by atoms with Crippen molar-refractivity contribution >= 4 is 41.4 Å². The van der Waals surface area contributed by atoms with Gasteiger partial charge in [-0.3, -0.25) is 19.2 Å². The Morgan fingerprint density at radius 2 is 1.39 bits per heavy atom. The van der Waals surface area contributed by atoms with Gasteiger partial charge in [-0.2, -0.15) is 11.8 Å². The first-order valence-corrected chi connectivity index (χ1v) is 11.9. The summed E-state index contributed by atoms with van der Waals surface area (Å²) < 4.78 is 0. The molecular weight excluding hydrogens is 458 g/mol. The molecule has 0 aliphatic heterocycles. The van der Waals surface area contributed by atoms with Crippen molar-refractivity contribution in [1.82, 2.24) is 16.0 Å². The number of aliphatic hydroxyl groups excluding tert-OH is 1. The molecule has 0 aliphatic carbocycles. The summed E-state index contributed by atoms with van der Waals surface area (Å²) in [5, 5.41) is 34.1. The van der Waals surface area contributed by atoms with Crippen molar-refractivity contribution in [3.8, 4) is 0 Å². The van der Waals surface area contributed by atoms with Crippen LogP contribution < -0.4 is 27.4 Å². The van der Waals surface area contributed by atoms with E-state index < -0.39 is 66.9 Å². The summed E-state index contributed by atoms with van der Waals surface area (Å²) in [4.78, 5) is 59.7. The van der Waals surface area contributed by atoms with E-state index in [4.69, 9.17) is 26.8 Å². The maximum Gasteiger partial charge on any atom is 0.328 e. The topological polar surface area (TPSA) is 234 Å². The fraction of sp³-hybridized carbons (Fsp3) is 0.737. The smallest absolute Gasteiger partial charge is 0.328 e. The Hall–Kier alpha value is -2.42. The van der Waals surface area contributed by atoms with Crippen LogP contribution in [0.2, 0.25) is 0 Å². The van der Waals surface area contributed by atoms with Crippen LogP contribution in [0.15, 0.2) is 0 Å². The van der Waals surface area contributed by atoms with Gasteiger partial charge in [0.1, 0.15) is 18.1 Å². The highest BCUT2D eigenvalue weighted by molar-refractivity contribution is 7.98. The van der Waals surface area contributed by atoms with E-state index in [0.29, 0.717) is 31.6 Å². The number of aliphatic carboxylic acids is 2. The molecule has 0 spiro atoms. The maximum absolute atomic E-state index is 12.8. The summed E-state index contributed by atoms with van der Waals surface area (Å²) >= 11 is 1.38. The van der Waals surface area contributed by atoms with E-state index in [2.05, 4.69) is 16.0 Å². The van der Waals surface area contributed by atoms with Gasteiger partial charge in [0, 0.05) is 6.42 Å². The molecule has 13 nitrogen and oxygen atoms in total. The van der Waals surface area contributed by atoms with Crippen LogP contribution in [0.4, 0.5) is 0 Å². The number of carboxylic acids is 2. The average Bonchev–Trinajstić information content (AvgIpc) is 2.76. The summed E-state index contributed by atoms with van der Waals surface area (Å²) in [5.74, 6) is -4.48. The third-order valence-corrected chi connectivity index (χ3v) is 5.27. The molecule has 3 amide bonds. The Kier molecular flexibility index (Phi) is 15.9. The summed E-state index contributed by atoms with van der Waals surface area (Å²) in [7, 11) is 0. The fourth-order valence-electron chi connectivity index (χ4n) is 2.69. The minimum atomic E-state index is -1.56. The number of nitrogens with two attached hydrogens (primary N) is 2. The van der Waals surface area contributed by atoms with Crippen LogP contribution in [0.5, 0.6) is 0 Å². The molecule has 0 rings (SSSR count). The minimum Gasteiger partial charge on any atom is -0.481 e. The largest absolute Gasteiger partial charge is 0.481 e. The molecule has 0 aromatic carbocycles. The fourth-order valence-corrected chi connectivity index (χ4v) is 3.16. The number of thioether (sulfide) groups is 1. The van der Waals surface area contributed by atoms with Crippen molar-refractivity contribution in [2.24, 2.45) is 11.5 Å². The number of carboxylic acid groups (broad SMARTS) is 2. The van der Waals surface area contributed by atoms with Gasteiger partial charge in [-0.05, 0) is 44.2 Å². The van der Waals surface area contributed by atoms with Gasteiger partial charge in [0.05, 0.1) is 12.6 Å². The van der Waals surface area contributed by atoms with Crippen molar-refractivity contribution in [2.75, 3.05) is 25.2 Å². The van der Waals surface area contributed by atoms with Gasteiger partial charge in [-0.25, -0.2) is 4.79 Å². The number of carbonyl (C=O) groups excluding carboxylic acids is 3. The highest BCUT2D eigenvalue weighted by atomic mass is 32.2. The molecule has 0 radical (unpaired) electrons. The van der Waals surface area contributed by atoms with Crippen LogP contribution in [0.1, 0.15) is 38.5 Å². The van der Waals surface area contributed by atoms with E-state index >= 15 is 0 Å². The van der Waals surface area contributed by atoms with Crippen molar-refractivity contribution in [2.45, 2.75) is 62.7 Å². The van der Waals surface area contributed by atoms with Crippen LogP contribution in [0, 0.1) is 0 Å². The number of hydrogen-bond donors (Lipinski definition) is 8. The number of unbranched alkanes of at least 4 members (excludes halogenated alkanes) is 1. The van der Waals surface area contributed by atoms with Crippen LogP contribution >= 0.6 is 11.8 Å². The number of aliphatic hydroxyl groups is 1. The van der Waals surface area contributed by atoms with Gasteiger partial charge in [0.2, 0.25) is 17.7 Å². The van der Waals surface area contributed by atoms with Crippen LogP contribution in [-0.2, 0) is 24.0 Å². The van der Waals surface area contributed by atoms with Crippen molar-refractivity contribution in [3.05, 3.63) is 0 Å². The normalized spacial score (nSPS) is 14.4. The monoisotopic (exact) mass is 493 g/mol. The third kappa shape index (κ3) is 13.0. The second-order valence-electron chi connectivity index (χ2n) is 7.31. The molecule has 4 unspecified atom stereocenters. The highest BCUT2D eigenvalue weighted by Gasteiger charge is 2.30. The molecule has 14 heteroatoms. The molecule has 0 bridgehead atoms. The van der Waals surface area contributed by atoms with E-state index in [0.717, 1.165) is 0 Å². The highest BCUT2D eigenvalue weighted by Crippen LogP contribution is 2.06. The molecule has 0 fully saturated rings. The van der Waals surface area contributed by atoms with Gasteiger partial charge in [0.25, 0.3) is 0 Å². The second kappa shape index (κ2) is 17.1. The Bertz CT molecular complexity index is 666. The van der Waals surface area contributed by atoms with Crippen molar-refractivity contribution in [3.63, 3.8) is 0 Å². The molecule has 10 N–H and O–H groups in total. The Morgan fingerprint density at radius 1 is 0.848 bits per heavy atom. The van der Waals surface area contributed by atoms with Gasteiger partial charge in [-0.15, -0.1) is 0 Å². The first-order valence-electron chi connectivity index (χ1n) is 10.5. The zero-order valence-electron chi connectivity index (χ0n) is 18.6. The second-order valence-corrected chi connectivity index (χ2v) is 8.29. The number of rotatable bonds is 18. The molecule has 190 valence electrons. The lowest BCUT2D eigenvalue weighted by Gasteiger charge is -2.24. The quantitative estimate of drug-likeness (QED) is 0.0936. The first-order chi connectivity index (χ1) is 15.6. The van der Waals surface area contributed by atoms with Gasteiger partial charge < -0.3 is 42.7 Å². The van der Waals surface area contributed by atoms with E-state index in [-0.39, 0.29) is 12.8 Å². The number of hydrogen-bond acceptors (Lipinski definition) is 9. The van der Waals surface area contributed by atoms with Gasteiger partial charge in [0.15, 0.2) is 0 Å². The minimum absolute atomic E-state index is 0.134.